The molecule has 0 aliphatic carbocycles. The summed E-state index contributed by atoms with van der Waals surface area (Å²) in [4.78, 5) is 11.4. The fourth-order valence-corrected chi connectivity index (χ4v) is 2.95. The SMILES string of the molecule is CCn1ccnc1CN1CCC[C@H]1c1nc(CCOC)no1. The molecule has 1 fully saturated rings. The summed E-state index contributed by atoms with van der Waals surface area (Å²) < 4.78 is 12.7. The zero-order chi connectivity index (χ0) is 15.4. The fourth-order valence-electron chi connectivity index (χ4n) is 2.95. The van der Waals surface area contributed by atoms with Crippen LogP contribution in [0.2, 0.25) is 0 Å². The van der Waals surface area contributed by atoms with E-state index in [4.69, 9.17) is 9.26 Å². The smallest absolute Gasteiger partial charge is 0.244 e. The molecule has 0 amide bonds. The minimum Gasteiger partial charge on any atom is -0.384 e. The maximum absolute atomic E-state index is 5.47. The Hall–Kier alpha value is -1.73. The third-order valence-electron chi connectivity index (χ3n) is 4.15. The topological polar surface area (TPSA) is 69.2 Å². The largest absolute Gasteiger partial charge is 0.384 e. The van der Waals surface area contributed by atoms with Gasteiger partial charge in [0.1, 0.15) is 5.82 Å². The first kappa shape index (κ1) is 15.2. The number of hydrogen-bond donors (Lipinski definition) is 0. The van der Waals surface area contributed by atoms with Crippen molar-refractivity contribution in [2.75, 3.05) is 20.3 Å². The van der Waals surface area contributed by atoms with Gasteiger partial charge in [0.2, 0.25) is 5.89 Å². The van der Waals surface area contributed by atoms with Crippen molar-refractivity contribution in [2.24, 2.45) is 0 Å². The van der Waals surface area contributed by atoms with Crippen LogP contribution in [0, 0.1) is 0 Å². The number of nitrogens with zero attached hydrogens (tertiary/aromatic N) is 5. The highest BCUT2D eigenvalue weighted by atomic mass is 16.5. The summed E-state index contributed by atoms with van der Waals surface area (Å²) in [5, 5.41) is 4.05. The van der Waals surface area contributed by atoms with Gasteiger partial charge in [0.15, 0.2) is 5.82 Å². The minimum absolute atomic E-state index is 0.200. The lowest BCUT2D eigenvalue weighted by Crippen LogP contribution is -2.25. The molecule has 0 unspecified atom stereocenters. The number of aromatic nitrogens is 4. The van der Waals surface area contributed by atoms with Crippen molar-refractivity contribution in [3.8, 4) is 0 Å². The van der Waals surface area contributed by atoms with Gasteiger partial charge < -0.3 is 13.8 Å². The van der Waals surface area contributed by atoms with Crippen LogP contribution in [0.1, 0.15) is 43.3 Å². The molecule has 2 aromatic rings. The molecule has 120 valence electrons. The third-order valence-corrected chi connectivity index (χ3v) is 4.15. The Balaban J connectivity index is 1.69. The fraction of sp³-hybridized carbons (Fsp3) is 0.667. The van der Waals surface area contributed by atoms with Gasteiger partial charge in [-0.25, -0.2) is 4.98 Å². The van der Waals surface area contributed by atoms with Gasteiger partial charge in [0.05, 0.1) is 19.2 Å². The zero-order valence-corrected chi connectivity index (χ0v) is 13.2. The molecule has 0 aromatic carbocycles. The molecule has 7 heteroatoms. The average molecular weight is 305 g/mol. The van der Waals surface area contributed by atoms with Crippen molar-refractivity contribution >= 4 is 0 Å². The molecule has 3 rings (SSSR count). The number of imidazole rings is 1. The van der Waals surface area contributed by atoms with E-state index in [1.54, 1.807) is 7.11 Å². The summed E-state index contributed by atoms with van der Waals surface area (Å²) in [6, 6.07) is 0.200. The van der Waals surface area contributed by atoms with E-state index in [1.807, 2.05) is 12.4 Å². The first-order chi connectivity index (χ1) is 10.8. The van der Waals surface area contributed by atoms with Crippen LogP contribution in [-0.2, 0) is 24.2 Å². The van der Waals surface area contributed by atoms with Gasteiger partial charge in [-0.15, -0.1) is 0 Å². The van der Waals surface area contributed by atoms with E-state index in [1.165, 1.54) is 0 Å². The van der Waals surface area contributed by atoms with Crippen LogP contribution in [0.25, 0.3) is 0 Å². The molecule has 1 aliphatic heterocycles. The molecule has 1 saturated heterocycles. The van der Waals surface area contributed by atoms with Crippen molar-refractivity contribution in [1.29, 1.82) is 0 Å². The number of ether oxygens (including phenoxy) is 1. The predicted molar refractivity (Wildman–Crippen MR) is 80.2 cm³/mol. The van der Waals surface area contributed by atoms with Gasteiger partial charge in [-0.3, -0.25) is 4.90 Å². The second kappa shape index (κ2) is 7.02. The van der Waals surface area contributed by atoms with E-state index in [-0.39, 0.29) is 6.04 Å². The van der Waals surface area contributed by atoms with Crippen LogP contribution >= 0.6 is 0 Å². The normalized spacial score (nSPS) is 19.1. The lowest BCUT2D eigenvalue weighted by Gasteiger charge is -2.21. The van der Waals surface area contributed by atoms with Crippen molar-refractivity contribution in [2.45, 2.75) is 45.3 Å². The highest BCUT2D eigenvalue weighted by Gasteiger charge is 2.31. The van der Waals surface area contributed by atoms with Crippen LogP contribution in [0.3, 0.4) is 0 Å². The van der Waals surface area contributed by atoms with Gasteiger partial charge in [0, 0.05) is 32.5 Å². The maximum Gasteiger partial charge on any atom is 0.244 e. The average Bonchev–Trinajstić information content (AvgIpc) is 3.25. The summed E-state index contributed by atoms with van der Waals surface area (Å²) in [5.74, 6) is 2.53. The third kappa shape index (κ3) is 3.20. The zero-order valence-electron chi connectivity index (χ0n) is 13.2. The predicted octanol–water partition coefficient (Wildman–Crippen LogP) is 1.81. The Kier molecular flexibility index (Phi) is 4.84. The van der Waals surface area contributed by atoms with Crippen LogP contribution in [0.4, 0.5) is 0 Å². The Morgan fingerprint density at radius 1 is 1.45 bits per heavy atom. The van der Waals surface area contributed by atoms with Gasteiger partial charge in [-0.1, -0.05) is 5.16 Å². The second-order valence-corrected chi connectivity index (χ2v) is 5.55. The van der Waals surface area contributed by atoms with Crippen LogP contribution in [0.5, 0.6) is 0 Å². The molecular weight excluding hydrogens is 282 g/mol. The van der Waals surface area contributed by atoms with E-state index in [0.29, 0.717) is 13.0 Å². The minimum atomic E-state index is 0.200. The van der Waals surface area contributed by atoms with E-state index < -0.39 is 0 Å². The van der Waals surface area contributed by atoms with Crippen molar-refractivity contribution in [1.82, 2.24) is 24.6 Å². The quantitative estimate of drug-likeness (QED) is 0.777. The molecule has 7 nitrogen and oxygen atoms in total. The second-order valence-electron chi connectivity index (χ2n) is 5.55. The van der Waals surface area contributed by atoms with Crippen molar-refractivity contribution < 1.29 is 9.26 Å². The molecule has 0 radical (unpaired) electrons. The van der Waals surface area contributed by atoms with Gasteiger partial charge in [-0.2, -0.15) is 4.98 Å². The van der Waals surface area contributed by atoms with Crippen molar-refractivity contribution in [3.63, 3.8) is 0 Å². The molecular formula is C15H23N5O2. The summed E-state index contributed by atoms with van der Waals surface area (Å²) >= 11 is 0. The standard InChI is InChI=1S/C15H23N5O2/c1-3-19-9-7-16-14(19)11-20-8-4-5-12(20)15-17-13(18-22-15)6-10-21-2/h7,9,12H,3-6,8,10-11H2,1-2H3/t12-/m0/s1. The molecule has 3 heterocycles. The molecule has 0 saturated carbocycles. The summed E-state index contributed by atoms with van der Waals surface area (Å²) in [7, 11) is 1.68. The Morgan fingerprint density at radius 3 is 3.18 bits per heavy atom. The highest BCUT2D eigenvalue weighted by Crippen LogP contribution is 2.32. The Bertz CT molecular complexity index is 594. The maximum atomic E-state index is 5.47. The molecule has 0 bridgehead atoms. The van der Waals surface area contributed by atoms with Crippen LogP contribution < -0.4 is 0 Å². The van der Waals surface area contributed by atoms with E-state index >= 15 is 0 Å². The summed E-state index contributed by atoms with van der Waals surface area (Å²) in [6.45, 7) is 5.54. The number of likely N-dealkylation sites (tertiary alicyclic amines) is 1. The Labute approximate surface area is 130 Å². The number of methoxy groups -OCH3 is 1. The first-order valence-electron chi connectivity index (χ1n) is 7.87. The van der Waals surface area contributed by atoms with Gasteiger partial charge >= 0.3 is 0 Å². The van der Waals surface area contributed by atoms with E-state index in [0.717, 1.165) is 50.0 Å². The highest BCUT2D eigenvalue weighted by molar-refractivity contribution is 5.00. The number of hydrogen-bond acceptors (Lipinski definition) is 6. The molecule has 0 spiro atoms. The van der Waals surface area contributed by atoms with Crippen LogP contribution in [0.15, 0.2) is 16.9 Å². The lowest BCUT2D eigenvalue weighted by molar-refractivity contribution is 0.193. The number of aryl methyl sites for hydroxylation is 1. The van der Waals surface area contributed by atoms with Crippen LogP contribution in [-0.4, -0.2) is 44.9 Å². The molecule has 1 aliphatic rings. The van der Waals surface area contributed by atoms with Crippen molar-refractivity contribution in [3.05, 3.63) is 29.9 Å². The first-order valence-corrected chi connectivity index (χ1v) is 7.87. The lowest BCUT2D eigenvalue weighted by atomic mass is 10.2. The monoisotopic (exact) mass is 305 g/mol. The Morgan fingerprint density at radius 2 is 2.36 bits per heavy atom. The van der Waals surface area contributed by atoms with E-state index in [2.05, 4.69) is 31.5 Å². The van der Waals surface area contributed by atoms with Gasteiger partial charge in [-0.05, 0) is 26.3 Å². The summed E-state index contributed by atoms with van der Waals surface area (Å²) in [5.41, 5.74) is 0. The number of rotatable bonds is 7. The van der Waals surface area contributed by atoms with E-state index in [9.17, 15) is 0 Å². The molecule has 22 heavy (non-hydrogen) atoms. The molecule has 2 aromatic heterocycles. The molecule has 1 atom stereocenters. The van der Waals surface area contributed by atoms with Gasteiger partial charge in [0.25, 0.3) is 0 Å². The summed E-state index contributed by atoms with van der Waals surface area (Å²) in [6.07, 6.45) is 6.77. The molecule has 0 N–H and O–H groups in total.